The third kappa shape index (κ3) is 2.79. The van der Waals surface area contributed by atoms with E-state index in [1.54, 1.807) is 18.2 Å². The molecule has 0 bridgehead atoms. The highest BCUT2D eigenvalue weighted by Crippen LogP contribution is 2.28. The lowest BCUT2D eigenvalue weighted by Gasteiger charge is -2.02. The molecular formula is C11H9BrN2O3. The molecule has 2 aromatic rings. The molecule has 0 radical (unpaired) electrons. The second-order valence-electron chi connectivity index (χ2n) is 3.18. The van der Waals surface area contributed by atoms with E-state index in [0.29, 0.717) is 11.3 Å². The van der Waals surface area contributed by atoms with Crippen LogP contribution in [0.3, 0.4) is 0 Å². The number of nitrogens with zero attached hydrogens (tertiary/aromatic N) is 2. The number of nitro benzene ring substituents is 1. The van der Waals surface area contributed by atoms with Gasteiger partial charge < -0.3 is 5.11 Å². The summed E-state index contributed by atoms with van der Waals surface area (Å²) in [6.45, 7) is 0. The van der Waals surface area contributed by atoms with Gasteiger partial charge in [-0.2, -0.15) is 0 Å². The van der Waals surface area contributed by atoms with Crippen LogP contribution in [-0.4, -0.2) is 15.0 Å². The average molecular weight is 297 g/mol. The van der Waals surface area contributed by atoms with Crippen molar-refractivity contribution in [2.45, 2.75) is 0 Å². The van der Waals surface area contributed by atoms with Gasteiger partial charge in [-0.1, -0.05) is 12.1 Å². The number of aromatic nitrogens is 1. The Morgan fingerprint density at radius 3 is 2.65 bits per heavy atom. The Labute approximate surface area is 108 Å². The normalized spacial score (nSPS) is 9.41. The lowest BCUT2D eigenvalue weighted by atomic mass is 10.1. The van der Waals surface area contributed by atoms with Crippen LogP contribution >= 0.6 is 17.0 Å². The number of halogens is 1. The van der Waals surface area contributed by atoms with Crippen LogP contribution in [0.1, 0.15) is 0 Å². The summed E-state index contributed by atoms with van der Waals surface area (Å²) in [6, 6.07) is 9.07. The van der Waals surface area contributed by atoms with Crippen molar-refractivity contribution in [1.29, 1.82) is 0 Å². The summed E-state index contributed by atoms with van der Waals surface area (Å²) in [5.41, 5.74) is 0.834. The van der Waals surface area contributed by atoms with Crippen molar-refractivity contribution in [3.8, 4) is 17.0 Å². The van der Waals surface area contributed by atoms with Crippen LogP contribution in [0.5, 0.6) is 5.75 Å². The van der Waals surface area contributed by atoms with E-state index in [1.165, 1.54) is 24.4 Å². The summed E-state index contributed by atoms with van der Waals surface area (Å²) in [5.74, 6) is 0.00278. The van der Waals surface area contributed by atoms with Crippen molar-refractivity contribution in [3.05, 3.63) is 52.7 Å². The van der Waals surface area contributed by atoms with Crippen LogP contribution < -0.4 is 0 Å². The predicted molar refractivity (Wildman–Crippen MR) is 68.3 cm³/mol. The number of aromatic hydroxyl groups is 1. The summed E-state index contributed by atoms with van der Waals surface area (Å²) in [7, 11) is 0. The number of non-ortho nitro benzene ring substituents is 1. The first-order chi connectivity index (χ1) is 7.68. The molecule has 5 nitrogen and oxygen atoms in total. The van der Waals surface area contributed by atoms with E-state index in [9.17, 15) is 15.2 Å². The molecule has 0 saturated carbocycles. The van der Waals surface area contributed by atoms with Gasteiger partial charge in [0.2, 0.25) is 0 Å². The number of hydrogen-bond acceptors (Lipinski definition) is 4. The molecule has 6 heteroatoms. The lowest BCUT2D eigenvalue weighted by Crippen LogP contribution is -1.89. The van der Waals surface area contributed by atoms with E-state index < -0.39 is 4.92 Å². The fourth-order valence-electron chi connectivity index (χ4n) is 1.39. The van der Waals surface area contributed by atoms with Crippen LogP contribution in [0.2, 0.25) is 0 Å². The molecule has 0 fully saturated rings. The van der Waals surface area contributed by atoms with Crippen molar-refractivity contribution in [2.24, 2.45) is 0 Å². The monoisotopic (exact) mass is 296 g/mol. The number of benzene rings is 1. The van der Waals surface area contributed by atoms with Gasteiger partial charge in [-0.3, -0.25) is 15.1 Å². The van der Waals surface area contributed by atoms with E-state index >= 15 is 0 Å². The van der Waals surface area contributed by atoms with Crippen molar-refractivity contribution in [3.63, 3.8) is 0 Å². The molecule has 0 amide bonds. The smallest absolute Gasteiger partial charge is 0.270 e. The van der Waals surface area contributed by atoms with Gasteiger partial charge in [-0.05, 0) is 12.1 Å². The van der Waals surface area contributed by atoms with Gasteiger partial charge in [0.05, 0.1) is 4.92 Å². The van der Waals surface area contributed by atoms with Gasteiger partial charge in [-0.25, -0.2) is 0 Å². The predicted octanol–water partition coefficient (Wildman–Crippen LogP) is 2.94. The highest BCUT2D eigenvalue weighted by molar-refractivity contribution is 8.93. The molecule has 1 aromatic carbocycles. The average Bonchev–Trinajstić information content (AvgIpc) is 2.30. The molecule has 0 atom stereocenters. The Balaban J connectivity index is 0.00000144. The third-order valence-electron chi connectivity index (χ3n) is 2.12. The van der Waals surface area contributed by atoms with Gasteiger partial charge in [-0.15, -0.1) is 17.0 Å². The largest absolute Gasteiger partial charge is 0.506 e. The van der Waals surface area contributed by atoms with E-state index in [1.807, 2.05) is 0 Å². The molecule has 1 aromatic heterocycles. The maximum Gasteiger partial charge on any atom is 0.270 e. The molecule has 0 aliphatic heterocycles. The zero-order valence-corrected chi connectivity index (χ0v) is 10.3. The van der Waals surface area contributed by atoms with Gasteiger partial charge in [0.1, 0.15) is 11.4 Å². The molecule has 0 aliphatic rings. The van der Waals surface area contributed by atoms with Crippen LogP contribution in [0.4, 0.5) is 5.69 Å². The summed E-state index contributed by atoms with van der Waals surface area (Å²) in [4.78, 5) is 14.1. The standard InChI is InChI=1S/C11H8N2O3.BrH/c14-10-5-2-6-12-11(10)8-3-1-4-9(7-8)13(15)16;/h1-7,14H;1H. The number of nitro groups is 1. The number of rotatable bonds is 2. The maximum atomic E-state index is 10.6. The zero-order valence-electron chi connectivity index (χ0n) is 8.61. The summed E-state index contributed by atoms with van der Waals surface area (Å²) < 4.78 is 0. The van der Waals surface area contributed by atoms with Crippen molar-refractivity contribution in [1.82, 2.24) is 4.98 Å². The third-order valence-corrected chi connectivity index (χ3v) is 2.12. The molecule has 17 heavy (non-hydrogen) atoms. The van der Waals surface area contributed by atoms with Crippen molar-refractivity contribution in [2.75, 3.05) is 0 Å². The number of pyridine rings is 1. The summed E-state index contributed by atoms with van der Waals surface area (Å²) in [6.07, 6.45) is 1.52. The minimum atomic E-state index is -0.483. The first-order valence-electron chi connectivity index (χ1n) is 4.57. The summed E-state index contributed by atoms with van der Waals surface area (Å²) in [5, 5.41) is 20.2. The Morgan fingerprint density at radius 2 is 2.00 bits per heavy atom. The SMILES string of the molecule is Br.O=[N+]([O-])c1cccc(-c2ncccc2O)c1. The fourth-order valence-corrected chi connectivity index (χ4v) is 1.39. The Hall–Kier alpha value is -1.95. The Kier molecular flexibility index (Phi) is 4.17. The minimum absolute atomic E-state index is 0. The Morgan fingerprint density at radius 1 is 1.24 bits per heavy atom. The van der Waals surface area contributed by atoms with Gasteiger partial charge in [0.15, 0.2) is 0 Å². The van der Waals surface area contributed by atoms with Crippen LogP contribution in [0.25, 0.3) is 11.3 Å². The van der Waals surface area contributed by atoms with E-state index in [-0.39, 0.29) is 28.4 Å². The molecule has 0 unspecified atom stereocenters. The van der Waals surface area contributed by atoms with Crippen LogP contribution in [0, 0.1) is 10.1 Å². The lowest BCUT2D eigenvalue weighted by molar-refractivity contribution is -0.384. The molecule has 1 N–H and O–H groups in total. The second kappa shape index (κ2) is 5.40. The molecule has 2 rings (SSSR count). The highest BCUT2D eigenvalue weighted by Gasteiger charge is 2.10. The van der Waals surface area contributed by atoms with Crippen molar-refractivity contribution < 1.29 is 10.0 Å². The molecule has 1 heterocycles. The van der Waals surface area contributed by atoms with Gasteiger partial charge in [0.25, 0.3) is 5.69 Å². The summed E-state index contributed by atoms with van der Waals surface area (Å²) >= 11 is 0. The Bertz CT molecular complexity index is 546. The van der Waals surface area contributed by atoms with E-state index in [4.69, 9.17) is 0 Å². The molecule has 0 spiro atoms. The van der Waals surface area contributed by atoms with E-state index in [2.05, 4.69) is 4.98 Å². The molecule has 88 valence electrons. The van der Waals surface area contributed by atoms with E-state index in [0.717, 1.165) is 0 Å². The van der Waals surface area contributed by atoms with Crippen LogP contribution in [0.15, 0.2) is 42.6 Å². The fraction of sp³-hybridized carbons (Fsp3) is 0. The second-order valence-corrected chi connectivity index (χ2v) is 3.18. The first-order valence-corrected chi connectivity index (χ1v) is 4.57. The first kappa shape index (κ1) is 13.1. The molecular weight excluding hydrogens is 288 g/mol. The zero-order chi connectivity index (χ0) is 11.5. The molecule has 0 aliphatic carbocycles. The number of hydrogen-bond donors (Lipinski definition) is 1. The maximum absolute atomic E-state index is 10.6. The van der Waals surface area contributed by atoms with Crippen LogP contribution in [-0.2, 0) is 0 Å². The minimum Gasteiger partial charge on any atom is -0.506 e. The van der Waals surface area contributed by atoms with Crippen molar-refractivity contribution >= 4 is 22.7 Å². The van der Waals surface area contributed by atoms with Gasteiger partial charge in [0, 0.05) is 23.9 Å². The topological polar surface area (TPSA) is 76.3 Å². The van der Waals surface area contributed by atoms with Gasteiger partial charge >= 0.3 is 0 Å². The highest BCUT2D eigenvalue weighted by atomic mass is 79.9. The molecule has 0 saturated heterocycles. The quantitative estimate of drug-likeness (QED) is 0.683.